The summed E-state index contributed by atoms with van der Waals surface area (Å²) in [5, 5.41) is 8.45. The van der Waals surface area contributed by atoms with Gasteiger partial charge in [-0.05, 0) is 50.2 Å². The maximum atomic E-state index is 4.41. The van der Waals surface area contributed by atoms with Gasteiger partial charge in [-0.1, -0.05) is 18.2 Å². The molecule has 5 nitrogen and oxygen atoms in total. The highest BCUT2D eigenvalue weighted by molar-refractivity contribution is 14.0. The van der Waals surface area contributed by atoms with Gasteiger partial charge in [0.15, 0.2) is 5.96 Å². The number of piperidine rings is 1. The number of fused-ring (bicyclic) bond motifs is 1. The Labute approximate surface area is 179 Å². The molecule has 1 aromatic carbocycles. The van der Waals surface area contributed by atoms with Crippen LogP contribution < -0.4 is 10.6 Å². The third-order valence-electron chi connectivity index (χ3n) is 5.75. The van der Waals surface area contributed by atoms with Gasteiger partial charge >= 0.3 is 0 Å². The van der Waals surface area contributed by atoms with Crippen LogP contribution in [0.1, 0.15) is 37.7 Å². The maximum absolute atomic E-state index is 4.41. The van der Waals surface area contributed by atoms with Crippen molar-refractivity contribution in [2.24, 2.45) is 4.99 Å². The lowest BCUT2D eigenvalue weighted by Gasteiger charge is -2.33. The lowest BCUT2D eigenvalue weighted by molar-refractivity contribution is 0.197. The van der Waals surface area contributed by atoms with Gasteiger partial charge in [-0.3, -0.25) is 4.99 Å². The highest BCUT2D eigenvalue weighted by Crippen LogP contribution is 2.29. The van der Waals surface area contributed by atoms with Gasteiger partial charge in [0.05, 0.1) is 0 Å². The molecule has 1 aliphatic heterocycles. The van der Waals surface area contributed by atoms with E-state index in [1.807, 2.05) is 7.05 Å². The molecule has 0 bridgehead atoms. The van der Waals surface area contributed by atoms with Crippen LogP contribution in [0.15, 0.2) is 35.5 Å². The van der Waals surface area contributed by atoms with E-state index in [2.05, 4.69) is 56.0 Å². The van der Waals surface area contributed by atoms with Crippen LogP contribution in [0, 0.1) is 0 Å². The number of nitrogens with one attached hydrogen (secondary N) is 3. The molecule has 2 heterocycles. The number of aliphatic imine (C=N–C) groups is 1. The molecule has 0 spiro atoms. The van der Waals surface area contributed by atoms with Crippen molar-refractivity contribution >= 4 is 40.8 Å². The standard InChI is InChI=1S/C21H31N5.HI/c1-22-21(25-17-10-13-26(14-11-17)18-8-9-18)23-12-4-5-16-15-24-20-7-3-2-6-19(16)20;/h2-3,6-7,15,17-18,24H,4-5,8-14H2,1H3,(H2,22,23,25);1H. The van der Waals surface area contributed by atoms with Crippen LogP contribution in [0.2, 0.25) is 0 Å². The second-order valence-electron chi connectivity index (χ2n) is 7.65. The molecule has 2 aliphatic rings. The Hall–Kier alpha value is -1.28. The van der Waals surface area contributed by atoms with Crippen LogP contribution in [0.4, 0.5) is 0 Å². The minimum Gasteiger partial charge on any atom is -0.361 e. The number of H-pyrrole nitrogens is 1. The summed E-state index contributed by atoms with van der Waals surface area (Å²) in [7, 11) is 1.87. The van der Waals surface area contributed by atoms with Crippen molar-refractivity contribution in [1.29, 1.82) is 0 Å². The predicted octanol–water partition coefficient (Wildman–Crippen LogP) is 3.51. The SMILES string of the molecule is CN=C(NCCCc1c[nH]c2ccccc12)NC1CCN(C2CC2)CC1.I. The van der Waals surface area contributed by atoms with Crippen molar-refractivity contribution < 1.29 is 0 Å². The lowest BCUT2D eigenvalue weighted by atomic mass is 10.1. The number of rotatable bonds is 6. The zero-order chi connectivity index (χ0) is 17.8. The van der Waals surface area contributed by atoms with Crippen molar-refractivity contribution in [2.45, 2.75) is 50.6 Å². The number of aromatic amines is 1. The summed E-state index contributed by atoms with van der Waals surface area (Å²) in [4.78, 5) is 10.4. The summed E-state index contributed by atoms with van der Waals surface area (Å²) in [6.07, 6.45) is 9.61. The van der Waals surface area contributed by atoms with Crippen molar-refractivity contribution in [1.82, 2.24) is 20.5 Å². The van der Waals surface area contributed by atoms with Crippen LogP contribution in [-0.4, -0.2) is 54.6 Å². The van der Waals surface area contributed by atoms with E-state index in [-0.39, 0.29) is 24.0 Å². The highest BCUT2D eigenvalue weighted by Gasteiger charge is 2.31. The summed E-state index contributed by atoms with van der Waals surface area (Å²) in [6.45, 7) is 3.42. The molecular formula is C21H32IN5. The monoisotopic (exact) mass is 481 g/mol. The van der Waals surface area contributed by atoms with Gasteiger partial charge in [-0.15, -0.1) is 24.0 Å². The van der Waals surface area contributed by atoms with Gasteiger partial charge in [-0.2, -0.15) is 0 Å². The fourth-order valence-electron chi connectivity index (χ4n) is 4.06. The highest BCUT2D eigenvalue weighted by atomic mass is 127. The van der Waals surface area contributed by atoms with E-state index in [1.54, 1.807) is 0 Å². The van der Waals surface area contributed by atoms with Crippen molar-refractivity contribution in [3.8, 4) is 0 Å². The molecule has 0 radical (unpaired) electrons. The van der Waals surface area contributed by atoms with Crippen molar-refractivity contribution in [3.63, 3.8) is 0 Å². The molecule has 4 rings (SSSR count). The Morgan fingerprint density at radius 2 is 1.96 bits per heavy atom. The minimum absolute atomic E-state index is 0. The zero-order valence-corrected chi connectivity index (χ0v) is 18.5. The quantitative estimate of drug-likeness (QED) is 0.256. The summed E-state index contributed by atoms with van der Waals surface area (Å²) in [5.41, 5.74) is 2.63. The topological polar surface area (TPSA) is 55.5 Å². The van der Waals surface area contributed by atoms with E-state index in [0.29, 0.717) is 6.04 Å². The number of likely N-dealkylation sites (tertiary alicyclic amines) is 1. The first-order valence-corrected chi connectivity index (χ1v) is 10.1. The number of halogens is 1. The Morgan fingerprint density at radius 1 is 1.19 bits per heavy atom. The van der Waals surface area contributed by atoms with E-state index in [1.165, 1.54) is 55.2 Å². The van der Waals surface area contributed by atoms with E-state index in [4.69, 9.17) is 0 Å². The van der Waals surface area contributed by atoms with E-state index >= 15 is 0 Å². The fourth-order valence-corrected chi connectivity index (χ4v) is 4.06. The number of aryl methyl sites for hydroxylation is 1. The number of hydrogen-bond donors (Lipinski definition) is 3. The first-order chi connectivity index (χ1) is 12.8. The molecule has 6 heteroatoms. The Bertz CT molecular complexity index is 744. The van der Waals surface area contributed by atoms with Crippen LogP contribution in [0.5, 0.6) is 0 Å². The normalized spacial score (nSPS) is 19.1. The van der Waals surface area contributed by atoms with E-state index in [9.17, 15) is 0 Å². The van der Waals surface area contributed by atoms with Gasteiger partial charge in [0.25, 0.3) is 0 Å². The van der Waals surface area contributed by atoms with E-state index < -0.39 is 0 Å². The van der Waals surface area contributed by atoms with Gasteiger partial charge in [0.2, 0.25) is 0 Å². The lowest BCUT2D eigenvalue weighted by Crippen LogP contribution is -2.49. The van der Waals surface area contributed by atoms with Crippen LogP contribution in [-0.2, 0) is 6.42 Å². The number of benzene rings is 1. The number of nitrogens with zero attached hydrogens (tertiary/aromatic N) is 2. The fraction of sp³-hybridized carbons (Fsp3) is 0.571. The first-order valence-electron chi connectivity index (χ1n) is 10.1. The number of para-hydroxylation sites is 1. The average Bonchev–Trinajstić information content (AvgIpc) is 3.45. The maximum Gasteiger partial charge on any atom is 0.191 e. The third-order valence-corrected chi connectivity index (χ3v) is 5.75. The molecule has 1 aliphatic carbocycles. The second-order valence-corrected chi connectivity index (χ2v) is 7.65. The molecule has 2 fully saturated rings. The molecule has 1 saturated carbocycles. The van der Waals surface area contributed by atoms with Crippen LogP contribution in [0.3, 0.4) is 0 Å². The molecular weight excluding hydrogens is 449 g/mol. The Balaban J connectivity index is 0.00000210. The Morgan fingerprint density at radius 3 is 2.70 bits per heavy atom. The molecule has 0 amide bonds. The van der Waals surface area contributed by atoms with Crippen molar-refractivity contribution in [2.75, 3.05) is 26.7 Å². The molecule has 3 N–H and O–H groups in total. The van der Waals surface area contributed by atoms with Gasteiger partial charge < -0.3 is 20.5 Å². The molecule has 0 atom stereocenters. The smallest absolute Gasteiger partial charge is 0.191 e. The Kier molecular flexibility index (Phi) is 7.41. The van der Waals surface area contributed by atoms with Crippen LogP contribution >= 0.6 is 24.0 Å². The molecule has 1 aromatic heterocycles. The first kappa shape index (κ1) is 20.5. The third kappa shape index (κ3) is 5.38. The molecule has 148 valence electrons. The number of guanidine groups is 1. The zero-order valence-electron chi connectivity index (χ0n) is 16.2. The predicted molar refractivity (Wildman–Crippen MR) is 124 cm³/mol. The average molecular weight is 481 g/mol. The second kappa shape index (κ2) is 9.78. The van der Waals surface area contributed by atoms with Gasteiger partial charge in [-0.25, -0.2) is 0 Å². The number of aromatic nitrogens is 1. The molecule has 27 heavy (non-hydrogen) atoms. The molecule has 2 aromatic rings. The molecule has 1 saturated heterocycles. The molecule has 0 unspecified atom stereocenters. The minimum atomic E-state index is 0. The van der Waals surface area contributed by atoms with Gasteiger partial charge in [0.1, 0.15) is 0 Å². The summed E-state index contributed by atoms with van der Waals surface area (Å²) >= 11 is 0. The summed E-state index contributed by atoms with van der Waals surface area (Å²) in [6, 6.07) is 9.98. The summed E-state index contributed by atoms with van der Waals surface area (Å²) < 4.78 is 0. The summed E-state index contributed by atoms with van der Waals surface area (Å²) in [5.74, 6) is 0.953. The number of hydrogen-bond acceptors (Lipinski definition) is 2. The van der Waals surface area contributed by atoms with Crippen molar-refractivity contribution in [3.05, 3.63) is 36.0 Å². The van der Waals surface area contributed by atoms with Gasteiger partial charge in [0, 0.05) is 55.9 Å². The van der Waals surface area contributed by atoms with E-state index in [0.717, 1.165) is 31.4 Å². The van der Waals surface area contributed by atoms with Crippen LogP contribution in [0.25, 0.3) is 10.9 Å². The largest absolute Gasteiger partial charge is 0.361 e.